The largest absolute Gasteiger partial charge is 0.454 e. The Hall–Kier alpha value is -3.85. The van der Waals surface area contributed by atoms with Crippen LogP contribution in [-0.2, 0) is 0 Å². The molecule has 0 saturated heterocycles. The minimum absolute atomic E-state index is 0.180. The van der Waals surface area contributed by atoms with Gasteiger partial charge in [-0.3, -0.25) is 9.89 Å². The number of nitrogens with one attached hydrogen (secondary N) is 2. The lowest BCUT2D eigenvalue weighted by Gasteiger charge is -2.12. The van der Waals surface area contributed by atoms with Crippen LogP contribution in [0.3, 0.4) is 0 Å². The molecule has 0 saturated carbocycles. The number of fused-ring (bicyclic) bond motifs is 1. The summed E-state index contributed by atoms with van der Waals surface area (Å²) in [6.45, 7) is 0.180. The second-order valence-corrected chi connectivity index (χ2v) is 6.59. The minimum Gasteiger partial charge on any atom is -0.454 e. The van der Waals surface area contributed by atoms with E-state index in [9.17, 15) is 4.79 Å². The van der Waals surface area contributed by atoms with E-state index < -0.39 is 0 Å². The maximum Gasteiger partial charge on any atom is 0.273 e. The van der Waals surface area contributed by atoms with Crippen LogP contribution in [-0.4, -0.2) is 31.8 Å². The van der Waals surface area contributed by atoms with Gasteiger partial charge in [0, 0.05) is 22.8 Å². The lowest BCUT2D eigenvalue weighted by molar-refractivity contribution is 0.174. The molecule has 2 aromatic carbocycles. The van der Waals surface area contributed by atoms with Crippen molar-refractivity contribution in [2.75, 3.05) is 12.1 Å². The molecule has 0 fully saturated rings. The molecule has 3 heterocycles. The number of aromatic amines is 1. The van der Waals surface area contributed by atoms with Crippen molar-refractivity contribution in [1.29, 1.82) is 0 Å². The number of ether oxygens (including phenoxy) is 2. The van der Waals surface area contributed by atoms with Crippen molar-refractivity contribution >= 4 is 23.0 Å². The number of aromatic nitrogens is 5. The third kappa shape index (κ3) is 3.27. The highest BCUT2D eigenvalue weighted by Gasteiger charge is 2.18. The van der Waals surface area contributed by atoms with Gasteiger partial charge in [0.25, 0.3) is 5.56 Å². The van der Waals surface area contributed by atoms with E-state index in [1.54, 1.807) is 36.4 Å². The number of nitrogens with zero attached hydrogens (tertiary/aromatic N) is 4. The van der Waals surface area contributed by atoms with Crippen molar-refractivity contribution in [3.63, 3.8) is 0 Å². The first-order valence-electron chi connectivity index (χ1n) is 8.60. The first-order valence-corrected chi connectivity index (χ1v) is 8.98. The van der Waals surface area contributed by atoms with E-state index in [0.717, 1.165) is 0 Å². The van der Waals surface area contributed by atoms with Crippen molar-refractivity contribution < 1.29 is 9.47 Å². The summed E-state index contributed by atoms with van der Waals surface area (Å²) < 4.78 is 12.0. The standard InChI is InChI=1S/C19H13ClN6O3/c20-11-1-4-13(5-2-11)26-17(27)8-14(18(25-26)19-21-9-22-24-19)23-12-3-6-15-16(7-12)29-10-28-15/h1-9,23H,10H2,(H,21,22,24). The summed E-state index contributed by atoms with van der Waals surface area (Å²) in [4.78, 5) is 16.9. The zero-order valence-corrected chi connectivity index (χ0v) is 15.6. The lowest BCUT2D eigenvalue weighted by atomic mass is 10.2. The number of hydrogen-bond donors (Lipinski definition) is 2. The Labute approximate surface area is 168 Å². The molecule has 0 radical (unpaired) electrons. The van der Waals surface area contributed by atoms with Crippen molar-refractivity contribution in [2.24, 2.45) is 0 Å². The fourth-order valence-electron chi connectivity index (χ4n) is 2.94. The molecular weight excluding hydrogens is 396 g/mol. The Morgan fingerprint density at radius 2 is 1.90 bits per heavy atom. The predicted octanol–water partition coefficient (Wildman–Crippen LogP) is 3.14. The third-order valence-electron chi connectivity index (χ3n) is 4.28. The molecular formula is C19H13ClN6O3. The van der Waals surface area contributed by atoms with E-state index in [-0.39, 0.29) is 12.4 Å². The van der Waals surface area contributed by atoms with Crippen LogP contribution in [0.5, 0.6) is 11.5 Å². The summed E-state index contributed by atoms with van der Waals surface area (Å²) in [6, 6.07) is 13.6. The summed E-state index contributed by atoms with van der Waals surface area (Å²) in [7, 11) is 0. The van der Waals surface area contributed by atoms with Crippen molar-refractivity contribution in [2.45, 2.75) is 0 Å². The molecule has 4 aromatic rings. The molecule has 0 amide bonds. The van der Waals surface area contributed by atoms with Crippen molar-refractivity contribution in [1.82, 2.24) is 25.0 Å². The van der Waals surface area contributed by atoms with Gasteiger partial charge in [0.05, 0.1) is 11.4 Å². The molecule has 2 N–H and O–H groups in total. The average molecular weight is 409 g/mol. The fourth-order valence-corrected chi connectivity index (χ4v) is 3.06. The number of benzene rings is 2. The lowest BCUT2D eigenvalue weighted by Crippen LogP contribution is -2.22. The molecule has 10 heteroatoms. The molecule has 0 unspecified atom stereocenters. The molecule has 9 nitrogen and oxygen atoms in total. The molecule has 0 bridgehead atoms. The molecule has 0 aliphatic carbocycles. The Morgan fingerprint density at radius 1 is 1.07 bits per heavy atom. The highest BCUT2D eigenvalue weighted by Crippen LogP contribution is 2.35. The predicted molar refractivity (Wildman–Crippen MR) is 106 cm³/mol. The minimum atomic E-state index is -0.324. The molecule has 0 spiro atoms. The van der Waals surface area contributed by atoms with Crippen LogP contribution < -0.4 is 20.3 Å². The summed E-state index contributed by atoms with van der Waals surface area (Å²) in [5.41, 5.74) is 1.81. The van der Waals surface area contributed by atoms with Gasteiger partial charge in [-0.1, -0.05) is 11.6 Å². The summed E-state index contributed by atoms with van der Waals surface area (Å²) in [5.74, 6) is 1.63. The highest BCUT2D eigenvalue weighted by atomic mass is 35.5. The quantitative estimate of drug-likeness (QED) is 0.534. The van der Waals surface area contributed by atoms with E-state index in [0.29, 0.717) is 45.1 Å². The molecule has 29 heavy (non-hydrogen) atoms. The molecule has 2 aromatic heterocycles. The second-order valence-electron chi connectivity index (χ2n) is 6.15. The van der Waals surface area contributed by atoms with Gasteiger partial charge in [0.15, 0.2) is 17.2 Å². The monoisotopic (exact) mass is 408 g/mol. The van der Waals surface area contributed by atoms with Gasteiger partial charge < -0.3 is 14.8 Å². The van der Waals surface area contributed by atoms with Crippen LogP contribution in [0.1, 0.15) is 0 Å². The average Bonchev–Trinajstić information content (AvgIpc) is 3.40. The third-order valence-corrected chi connectivity index (χ3v) is 4.53. The number of H-pyrrole nitrogens is 1. The Morgan fingerprint density at radius 3 is 2.69 bits per heavy atom. The van der Waals surface area contributed by atoms with Gasteiger partial charge in [-0.15, -0.1) is 0 Å². The zero-order valence-electron chi connectivity index (χ0n) is 14.8. The van der Waals surface area contributed by atoms with Gasteiger partial charge in [-0.25, -0.2) is 4.98 Å². The van der Waals surface area contributed by atoms with Crippen LogP contribution in [0.15, 0.2) is 59.7 Å². The van der Waals surface area contributed by atoms with Crippen LogP contribution in [0, 0.1) is 0 Å². The van der Waals surface area contributed by atoms with Crippen molar-refractivity contribution in [3.8, 4) is 28.7 Å². The number of rotatable bonds is 4. The topological polar surface area (TPSA) is 107 Å². The maximum absolute atomic E-state index is 12.8. The van der Waals surface area contributed by atoms with Gasteiger partial charge >= 0.3 is 0 Å². The summed E-state index contributed by atoms with van der Waals surface area (Å²) in [6.07, 6.45) is 1.44. The van der Waals surface area contributed by atoms with Gasteiger partial charge in [-0.05, 0) is 36.4 Å². The Balaban J connectivity index is 1.60. The summed E-state index contributed by atoms with van der Waals surface area (Å²) >= 11 is 5.95. The number of anilines is 2. The first kappa shape index (κ1) is 17.3. The van der Waals surface area contributed by atoms with Crippen LogP contribution in [0.4, 0.5) is 11.4 Å². The summed E-state index contributed by atoms with van der Waals surface area (Å²) in [5, 5.41) is 15.0. The first-order chi connectivity index (χ1) is 14.2. The highest BCUT2D eigenvalue weighted by molar-refractivity contribution is 6.30. The SMILES string of the molecule is O=c1cc(Nc2ccc3c(c2)OCO3)c(-c2nc[nH]n2)nn1-c1ccc(Cl)cc1. The van der Waals surface area contributed by atoms with E-state index in [2.05, 4.69) is 25.6 Å². The maximum atomic E-state index is 12.8. The Kier molecular flexibility index (Phi) is 4.14. The second kappa shape index (κ2) is 6.95. The van der Waals surface area contributed by atoms with Crippen LogP contribution >= 0.6 is 11.6 Å². The van der Waals surface area contributed by atoms with E-state index >= 15 is 0 Å². The van der Waals surface area contributed by atoms with E-state index in [4.69, 9.17) is 21.1 Å². The smallest absolute Gasteiger partial charge is 0.273 e. The van der Waals surface area contributed by atoms with Gasteiger partial charge in [-0.2, -0.15) is 14.9 Å². The Bertz CT molecular complexity index is 1240. The van der Waals surface area contributed by atoms with Crippen molar-refractivity contribution in [3.05, 3.63) is 70.2 Å². The number of halogens is 1. The molecule has 0 atom stereocenters. The van der Waals surface area contributed by atoms with E-state index in [1.165, 1.54) is 17.1 Å². The molecule has 144 valence electrons. The number of hydrogen-bond acceptors (Lipinski definition) is 7. The van der Waals surface area contributed by atoms with Gasteiger partial charge in [0.2, 0.25) is 12.6 Å². The molecule has 1 aliphatic rings. The fraction of sp³-hybridized carbons (Fsp3) is 0.0526. The molecule has 5 rings (SSSR count). The van der Waals surface area contributed by atoms with Gasteiger partial charge in [0.1, 0.15) is 6.33 Å². The molecule has 1 aliphatic heterocycles. The zero-order chi connectivity index (χ0) is 19.8. The van der Waals surface area contributed by atoms with Crippen LogP contribution in [0.25, 0.3) is 17.2 Å². The van der Waals surface area contributed by atoms with E-state index in [1.807, 2.05) is 6.07 Å². The normalized spacial score (nSPS) is 12.2. The van der Waals surface area contributed by atoms with Crippen LogP contribution in [0.2, 0.25) is 5.02 Å².